The number of ether oxygens (including phenoxy) is 1. The number of piperazine rings is 1. The van der Waals surface area contributed by atoms with Gasteiger partial charge in [-0.25, -0.2) is 17.8 Å². The first-order valence-corrected chi connectivity index (χ1v) is 12.6. The Morgan fingerprint density at radius 1 is 1.06 bits per heavy atom. The molecule has 2 heterocycles. The Labute approximate surface area is 196 Å². The number of benzene rings is 2. The van der Waals surface area contributed by atoms with Crippen molar-refractivity contribution in [3.8, 4) is 11.4 Å². The van der Waals surface area contributed by atoms with Gasteiger partial charge in [-0.3, -0.25) is 9.36 Å². The molecule has 1 saturated heterocycles. The predicted molar refractivity (Wildman–Crippen MR) is 123 cm³/mol. The van der Waals surface area contributed by atoms with Gasteiger partial charge < -0.3 is 9.64 Å². The van der Waals surface area contributed by atoms with E-state index in [1.165, 1.54) is 28.2 Å². The van der Waals surface area contributed by atoms with Crippen LogP contribution in [0.5, 0.6) is 5.75 Å². The molecule has 0 bridgehead atoms. The first-order valence-electron chi connectivity index (χ1n) is 10.2. The maximum Gasteiger partial charge on any atom is 0.243 e. The summed E-state index contributed by atoms with van der Waals surface area (Å²) in [6, 6.07) is 12.3. The third-order valence-electron chi connectivity index (χ3n) is 5.32. The Bertz CT molecular complexity index is 1210. The molecular weight excluding hydrogens is 467 g/mol. The van der Waals surface area contributed by atoms with E-state index in [9.17, 15) is 17.6 Å². The molecule has 3 aromatic rings. The summed E-state index contributed by atoms with van der Waals surface area (Å²) in [6.45, 7) is 0.979. The molecule has 1 aromatic heterocycles. The maximum atomic E-state index is 13.1. The van der Waals surface area contributed by atoms with Gasteiger partial charge in [-0.1, -0.05) is 11.8 Å². The van der Waals surface area contributed by atoms with Crippen molar-refractivity contribution in [1.82, 2.24) is 18.8 Å². The summed E-state index contributed by atoms with van der Waals surface area (Å²) in [7, 11) is -2.11. The van der Waals surface area contributed by atoms with Gasteiger partial charge in [0, 0.05) is 44.3 Å². The summed E-state index contributed by atoms with van der Waals surface area (Å²) in [4.78, 5) is 18.8. The van der Waals surface area contributed by atoms with Crippen LogP contribution >= 0.6 is 11.8 Å². The van der Waals surface area contributed by atoms with Gasteiger partial charge in [0.05, 0.1) is 17.8 Å². The highest BCUT2D eigenvalue weighted by Crippen LogP contribution is 2.23. The van der Waals surface area contributed by atoms with Gasteiger partial charge in [-0.2, -0.15) is 4.31 Å². The first-order chi connectivity index (χ1) is 15.9. The maximum absolute atomic E-state index is 13.1. The van der Waals surface area contributed by atoms with Crippen LogP contribution in [-0.2, 0) is 14.8 Å². The summed E-state index contributed by atoms with van der Waals surface area (Å²) in [5, 5.41) is 0.686. The molecule has 0 N–H and O–H groups in total. The summed E-state index contributed by atoms with van der Waals surface area (Å²) in [5.41, 5.74) is 0.905. The molecule has 4 rings (SSSR count). The quantitative estimate of drug-likeness (QED) is 0.474. The number of nitrogens with zero attached hydrogens (tertiary/aromatic N) is 4. The molecule has 174 valence electrons. The number of halogens is 1. The Morgan fingerprint density at radius 3 is 2.36 bits per heavy atom. The molecule has 0 saturated carbocycles. The van der Waals surface area contributed by atoms with E-state index >= 15 is 0 Å². The van der Waals surface area contributed by atoms with Gasteiger partial charge in [-0.05, 0) is 48.5 Å². The summed E-state index contributed by atoms with van der Waals surface area (Å²) < 4.78 is 47.0. The lowest BCUT2D eigenvalue weighted by Gasteiger charge is -2.34. The second kappa shape index (κ2) is 9.94. The number of rotatable bonds is 7. The van der Waals surface area contributed by atoms with Crippen LogP contribution in [-0.4, -0.2) is 72.1 Å². The van der Waals surface area contributed by atoms with Crippen LogP contribution in [0.2, 0.25) is 0 Å². The van der Waals surface area contributed by atoms with Crippen molar-refractivity contribution in [3.05, 3.63) is 66.7 Å². The lowest BCUT2D eigenvalue weighted by atomic mass is 10.3. The largest absolute Gasteiger partial charge is 0.497 e. The summed E-state index contributed by atoms with van der Waals surface area (Å²) in [6.07, 6.45) is 3.50. The minimum Gasteiger partial charge on any atom is -0.497 e. The van der Waals surface area contributed by atoms with Crippen molar-refractivity contribution in [3.63, 3.8) is 0 Å². The molecule has 0 spiro atoms. The highest BCUT2D eigenvalue weighted by molar-refractivity contribution is 7.99. The van der Waals surface area contributed by atoms with Gasteiger partial charge in [0.2, 0.25) is 15.9 Å². The van der Waals surface area contributed by atoms with Crippen LogP contribution in [0.15, 0.2) is 71.0 Å². The van der Waals surface area contributed by atoms with Crippen LogP contribution in [0, 0.1) is 5.82 Å². The molecule has 1 aliphatic rings. The van der Waals surface area contributed by atoms with Crippen LogP contribution < -0.4 is 4.74 Å². The topological polar surface area (TPSA) is 84.7 Å². The summed E-state index contributed by atoms with van der Waals surface area (Å²) in [5.74, 6) is 0.374. The molecule has 1 aliphatic heterocycles. The van der Waals surface area contributed by atoms with Crippen LogP contribution in [0.4, 0.5) is 4.39 Å². The first kappa shape index (κ1) is 23.3. The molecule has 1 amide bonds. The zero-order valence-corrected chi connectivity index (χ0v) is 19.6. The third-order valence-corrected chi connectivity index (χ3v) is 8.19. The smallest absolute Gasteiger partial charge is 0.243 e. The highest BCUT2D eigenvalue weighted by Gasteiger charge is 2.30. The van der Waals surface area contributed by atoms with E-state index in [-0.39, 0.29) is 29.6 Å². The Balaban J connectivity index is 1.33. The van der Waals surface area contributed by atoms with Gasteiger partial charge in [0.25, 0.3) is 0 Å². The monoisotopic (exact) mass is 490 g/mol. The lowest BCUT2D eigenvalue weighted by Crippen LogP contribution is -2.50. The van der Waals surface area contributed by atoms with E-state index in [2.05, 4.69) is 4.98 Å². The van der Waals surface area contributed by atoms with Crippen molar-refractivity contribution in [2.24, 2.45) is 0 Å². The predicted octanol–water partition coefficient (Wildman–Crippen LogP) is 2.65. The molecular formula is C22H23FN4O4S2. The number of aromatic nitrogens is 2. The molecule has 2 aromatic carbocycles. The zero-order valence-electron chi connectivity index (χ0n) is 17.9. The Kier molecular flexibility index (Phi) is 7.01. The number of hydrogen-bond acceptors (Lipinski definition) is 6. The van der Waals surface area contributed by atoms with Crippen LogP contribution in [0.25, 0.3) is 5.69 Å². The third kappa shape index (κ3) is 5.21. The molecule has 0 atom stereocenters. The van der Waals surface area contributed by atoms with Crippen molar-refractivity contribution in [2.45, 2.75) is 10.1 Å². The second-order valence-corrected chi connectivity index (χ2v) is 10.2. The number of carbonyl (C=O) groups excluding carboxylic acids is 1. The van der Waals surface area contributed by atoms with Crippen LogP contribution in [0.1, 0.15) is 0 Å². The number of carbonyl (C=O) groups is 1. The fourth-order valence-electron chi connectivity index (χ4n) is 3.49. The highest BCUT2D eigenvalue weighted by atomic mass is 32.2. The molecule has 33 heavy (non-hydrogen) atoms. The fourth-order valence-corrected chi connectivity index (χ4v) is 5.79. The molecule has 0 aliphatic carbocycles. The average molecular weight is 491 g/mol. The average Bonchev–Trinajstić information content (AvgIpc) is 3.31. The number of hydrogen-bond donors (Lipinski definition) is 0. The van der Waals surface area contributed by atoms with E-state index in [0.717, 1.165) is 23.6 Å². The lowest BCUT2D eigenvalue weighted by molar-refractivity contribution is -0.129. The van der Waals surface area contributed by atoms with Gasteiger partial charge >= 0.3 is 0 Å². The molecule has 0 radical (unpaired) electrons. The van der Waals surface area contributed by atoms with Crippen LogP contribution in [0.3, 0.4) is 0 Å². The van der Waals surface area contributed by atoms with Crippen molar-refractivity contribution in [2.75, 3.05) is 39.0 Å². The Morgan fingerprint density at radius 2 is 1.73 bits per heavy atom. The molecule has 1 fully saturated rings. The van der Waals surface area contributed by atoms with Crippen molar-refractivity contribution >= 4 is 27.7 Å². The SMILES string of the molecule is COc1ccc(-n2ccnc2SCC(=O)N2CCN(S(=O)(=O)c3ccc(F)cc3)CC2)cc1. The van der Waals surface area contributed by atoms with E-state index in [1.807, 2.05) is 35.0 Å². The van der Waals surface area contributed by atoms with Gasteiger partial charge in [0.1, 0.15) is 11.6 Å². The van der Waals surface area contributed by atoms with E-state index in [1.54, 1.807) is 18.2 Å². The molecule has 0 unspecified atom stereocenters. The van der Waals surface area contributed by atoms with Gasteiger partial charge in [0.15, 0.2) is 5.16 Å². The van der Waals surface area contributed by atoms with E-state index in [0.29, 0.717) is 18.2 Å². The molecule has 11 heteroatoms. The number of thioether (sulfide) groups is 1. The van der Waals surface area contributed by atoms with E-state index in [4.69, 9.17) is 4.74 Å². The zero-order chi connectivity index (χ0) is 23.4. The minimum absolute atomic E-state index is 0.0459. The van der Waals surface area contributed by atoms with Gasteiger partial charge in [-0.15, -0.1) is 0 Å². The van der Waals surface area contributed by atoms with Crippen molar-refractivity contribution in [1.29, 1.82) is 0 Å². The number of methoxy groups -OCH3 is 1. The normalized spacial score (nSPS) is 14.9. The standard InChI is InChI=1S/C22H23FN4O4S2/c1-31-19-6-4-18(5-7-19)27-11-10-24-22(27)32-16-21(28)25-12-14-26(15-13-25)33(29,30)20-8-2-17(23)3-9-20/h2-11H,12-16H2,1H3. The second-order valence-electron chi connectivity index (χ2n) is 7.31. The van der Waals surface area contributed by atoms with Crippen molar-refractivity contribution < 1.29 is 22.3 Å². The fraction of sp³-hybridized carbons (Fsp3) is 0.273. The van der Waals surface area contributed by atoms with E-state index < -0.39 is 15.8 Å². The number of amides is 1. The number of sulfonamides is 1. The molecule has 8 nitrogen and oxygen atoms in total. The number of imidazole rings is 1. The summed E-state index contributed by atoms with van der Waals surface area (Å²) >= 11 is 1.33. The minimum atomic E-state index is -3.72. The Hall–Kier alpha value is -2.89.